The van der Waals surface area contributed by atoms with Gasteiger partial charge in [0.1, 0.15) is 0 Å². The van der Waals surface area contributed by atoms with Crippen LogP contribution in [0.3, 0.4) is 0 Å². The summed E-state index contributed by atoms with van der Waals surface area (Å²) in [5, 5.41) is 11.4. The molecule has 0 saturated carbocycles. The Hall–Kier alpha value is -3.40. The maximum atomic E-state index is 12.6. The second kappa shape index (κ2) is 8.45. The van der Waals surface area contributed by atoms with Crippen LogP contribution in [0, 0.1) is 11.3 Å². The molecule has 5 nitrogen and oxygen atoms in total. The highest BCUT2D eigenvalue weighted by atomic mass is 19.3. The van der Waals surface area contributed by atoms with Gasteiger partial charge in [-0.25, -0.2) is 0 Å². The Kier molecular flexibility index (Phi) is 6.07. The fraction of sp³-hybridized carbons (Fsp3) is 0.111. The molecule has 0 aliphatic heterocycles. The van der Waals surface area contributed by atoms with Crippen LogP contribution in [0.5, 0.6) is 11.5 Å². The van der Waals surface area contributed by atoms with Crippen LogP contribution in [0.2, 0.25) is 0 Å². The van der Waals surface area contributed by atoms with E-state index in [1.54, 1.807) is 24.3 Å². The molecule has 1 N–H and O–H groups in total. The molecular weight excluding hydrogens is 330 g/mol. The number of para-hydroxylation sites is 1. The molecule has 0 aliphatic carbocycles. The molecule has 0 saturated heterocycles. The number of anilines is 1. The molecule has 2 aromatic carbocycles. The molecule has 0 aliphatic rings. The van der Waals surface area contributed by atoms with Crippen LogP contribution in [0.1, 0.15) is 11.1 Å². The second-order valence-electron chi connectivity index (χ2n) is 4.77. The van der Waals surface area contributed by atoms with E-state index < -0.39 is 12.5 Å². The lowest BCUT2D eigenvalue weighted by atomic mass is 10.1. The zero-order valence-electron chi connectivity index (χ0n) is 13.2. The van der Waals surface area contributed by atoms with Crippen LogP contribution in [0.25, 0.3) is 6.08 Å². The van der Waals surface area contributed by atoms with Gasteiger partial charge in [0.15, 0.2) is 11.5 Å². The lowest BCUT2D eigenvalue weighted by Gasteiger charge is -2.12. The number of hydrogen-bond acceptors (Lipinski definition) is 4. The monoisotopic (exact) mass is 344 g/mol. The maximum absolute atomic E-state index is 12.6. The first-order valence-corrected chi connectivity index (χ1v) is 7.14. The van der Waals surface area contributed by atoms with Gasteiger partial charge in [0, 0.05) is 17.3 Å². The Morgan fingerprint density at radius 2 is 2.04 bits per heavy atom. The number of carbonyl (C=O) groups excluding carboxylic acids is 1. The molecule has 25 heavy (non-hydrogen) atoms. The summed E-state index contributed by atoms with van der Waals surface area (Å²) in [6, 6.07) is 12.9. The summed E-state index contributed by atoms with van der Waals surface area (Å²) in [5.41, 5.74) is 1.12. The first kappa shape index (κ1) is 17.9. The van der Waals surface area contributed by atoms with Crippen LogP contribution in [0.15, 0.2) is 48.5 Å². The maximum Gasteiger partial charge on any atom is 0.387 e. The fourth-order valence-electron chi connectivity index (χ4n) is 2.06. The van der Waals surface area contributed by atoms with Gasteiger partial charge in [-0.2, -0.15) is 14.0 Å². The van der Waals surface area contributed by atoms with Crippen molar-refractivity contribution in [2.24, 2.45) is 0 Å². The molecule has 0 atom stereocenters. The van der Waals surface area contributed by atoms with Crippen molar-refractivity contribution in [1.82, 2.24) is 0 Å². The first-order chi connectivity index (χ1) is 12.0. The molecule has 0 spiro atoms. The number of carbonyl (C=O) groups is 1. The standard InChI is InChI=1S/C18H14F2N2O3/c1-24-15-7-3-5-13(17(15)25-18(19)20)8-9-16(23)22-14-6-2-4-12(10-14)11-21/h2-10,18H,1H3,(H,22,23)/b9-8+. The van der Waals surface area contributed by atoms with E-state index in [0.29, 0.717) is 11.3 Å². The van der Waals surface area contributed by atoms with Crippen LogP contribution >= 0.6 is 0 Å². The summed E-state index contributed by atoms with van der Waals surface area (Å²) in [5.74, 6) is -0.513. The highest BCUT2D eigenvalue weighted by Crippen LogP contribution is 2.33. The summed E-state index contributed by atoms with van der Waals surface area (Å²) in [6.45, 7) is -3.02. The summed E-state index contributed by atoms with van der Waals surface area (Å²) in [6.07, 6.45) is 2.51. The number of benzene rings is 2. The smallest absolute Gasteiger partial charge is 0.387 e. The Bertz CT molecular complexity index is 829. The van der Waals surface area contributed by atoms with Crippen molar-refractivity contribution in [3.63, 3.8) is 0 Å². The highest BCUT2D eigenvalue weighted by molar-refractivity contribution is 6.02. The van der Waals surface area contributed by atoms with E-state index in [1.165, 1.54) is 37.5 Å². The van der Waals surface area contributed by atoms with Crippen molar-refractivity contribution >= 4 is 17.7 Å². The zero-order valence-corrected chi connectivity index (χ0v) is 13.2. The van der Waals surface area contributed by atoms with E-state index in [-0.39, 0.29) is 17.1 Å². The molecule has 2 rings (SSSR count). The van der Waals surface area contributed by atoms with Gasteiger partial charge in [-0.3, -0.25) is 4.79 Å². The minimum Gasteiger partial charge on any atom is -0.493 e. The molecule has 1 amide bonds. The number of amides is 1. The fourth-order valence-corrected chi connectivity index (χ4v) is 2.06. The molecule has 0 aromatic heterocycles. The third-order valence-electron chi connectivity index (χ3n) is 3.11. The van der Waals surface area contributed by atoms with E-state index in [9.17, 15) is 13.6 Å². The zero-order chi connectivity index (χ0) is 18.2. The van der Waals surface area contributed by atoms with Crippen molar-refractivity contribution < 1.29 is 23.0 Å². The van der Waals surface area contributed by atoms with Crippen LogP contribution < -0.4 is 14.8 Å². The first-order valence-electron chi connectivity index (χ1n) is 7.14. The van der Waals surface area contributed by atoms with Crippen LogP contribution in [0.4, 0.5) is 14.5 Å². The highest BCUT2D eigenvalue weighted by Gasteiger charge is 2.14. The average molecular weight is 344 g/mol. The average Bonchev–Trinajstić information content (AvgIpc) is 2.60. The lowest BCUT2D eigenvalue weighted by molar-refractivity contribution is -0.111. The Morgan fingerprint density at radius 3 is 2.72 bits per heavy atom. The quantitative estimate of drug-likeness (QED) is 0.809. The number of nitrogens with zero attached hydrogens (tertiary/aromatic N) is 1. The number of nitrogens with one attached hydrogen (secondary N) is 1. The lowest BCUT2D eigenvalue weighted by Crippen LogP contribution is -2.08. The van der Waals surface area contributed by atoms with E-state index in [4.69, 9.17) is 10.00 Å². The van der Waals surface area contributed by atoms with Crippen molar-refractivity contribution in [1.29, 1.82) is 5.26 Å². The molecule has 0 heterocycles. The number of methoxy groups -OCH3 is 1. The second-order valence-corrected chi connectivity index (χ2v) is 4.77. The minimum atomic E-state index is -3.02. The Balaban J connectivity index is 2.18. The Morgan fingerprint density at radius 1 is 1.28 bits per heavy atom. The van der Waals surface area contributed by atoms with E-state index >= 15 is 0 Å². The molecule has 0 bridgehead atoms. The number of hydrogen-bond donors (Lipinski definition) is 1. The van der Waals surface area contributed by atoms with E-state index in [1.807, 2.05) is 6.07 Å². The molecule has 2 aromatic rings. The predicted molar refractivity (Wildman–Crippen MR) is 88.4 cm³/mol. The number of nitriles is 1. The van der Waals surface area contributed by atoms with Crippen molar-refractivity contribution in [2.75, 3.05) is 12.4 Å². The summed E-state index contributed by atoms with van der Waals surface area (Å²) < 4.78 is 34.6. The number of halogens is 2. The SMILES string of the molecule is COc1cccc(/C=C/C(=O)Nc2cccc(C#N)c2)c1OC(F)F. The Labute approximate surface area is 143 Å². The number of rotatable bonds is 6. The predicted octanol–water partition coefficient (Wildman–Crippen LogP) is 3.82. The van der Waals surface area contributed by atoms with Gasteiger partial charge < -0.3 is 14.8 Å². The van der Waals surface area contributed by atoms with Gasteiger partial charge in [0.2, 0.25) is 5.91 Å². The minimum absolute atomic E-state index is 0.129. The van der Waals surface area contributed by atoms with Crippen molar-refractivity contribution in [3.8, 4) is 17.6 Å². The topological polar surface area (TPSA) is 71.3 Å². The summed E-state index contributed by atoms with van der Waals surface area (Å²) in [4.78, 5) is 12.0. The normalized spacial score (nSPS) is 10.5. The van der Waals surface area contributed by atoms with E-state index in [0.717, 1.165) is 0 Å². The largest absolute Gasteiger partial charge is 0.493 e. The van der Waals surface area contributed by atoms with Gasteiger partial charge in [-0.1, -0.05) is 18.2 Å². The molecule has 0 fully saturated rings. The van der Waals surface area contributed by atoms with Crippen molar-refractivity contribution in [3.05, 3.63) is 59.7 Å². The third kappa shape index (κ3) is 5.04. The number of alkyl halides is 2. The third-order valence-corrected chi connectivity index (χ3v) is 3.11. The van der Waals surface area contributed by atoms with Crippen LogP contribution in [-0.2, 0) is 4.79 Å². The van der Waals surface area contributed by atoms with Gasteiger partial charge in [0.25, 0.3) is 0 Å². The molecule has 7 heteroatoms. The molecule has 128 valence electrons. The van der Waals surface area contributed by atoms with Gasteiger partial charge in [0.05, 0.1) is 18.7 Å². The van der Waals surface area contributed by atoms with Crippen molar-refractivity contribution in [2.45, 2.75) is 6.61 Å². The molecular formula is C18H14F2N2O3. The van der Waals surface area contributed by atoms with Crippen LogP contribution in [-0.4, -0.2) is 19.6 Å². The number of ether oxygens (including phenoxy) is 2. The molecule has 0 radical (unpaired) electrons. The van der Waals surface area contributed by atoms with E-state index in [2.05, 4.69) is 10.1 Å². The van der Waals surface area contributed by atoms with Gasteiger partial charge in [-0.15, -0.1) is 0 Å². The van der Waals surface area contributed by atoms with Gasteiger partial charge >= 0.3 is 6.61 Å². The summed E-state index contributed by atoms with van der Waals surface area (Å²) >= 11 is 0. The summed E-state index contributed by atoms with van der Waals surface area (Å²) in [7, 11) is 1.33. The molecule has 0 unspecified atom stereocenters. The van der Waals surface area contributed by atoms with Gasteiger partial charge in [-0.05, 0) is 30.3 Å².